The lowest BCUT2D eigenvalue weighted by Crippen LogP contribution is -2.42. The van der Waals surface area contributed by atoms with Crippen LogP contribution in [-0.2, 0) is 16.9 Å². The number of nitrogens with one attached hydrogen (secondary N) is 1. The van der Waals surface area contributed by atoms with Crippen LogP contribution in [0, 0.1) is 11.6 Å². The number of aliphatic hydroxyl groups excluding tert-OH is 1. The number of halogens is 2. The van der Waals surface area contributed by atoms with Crippen molar-refractivity contribution in [1.29, 1.82) is 0 Å². The summed E-state index contributed by atoms with van der Waals surface area (Å²) < 4.78 is 31.8. The van der Waals surface area contributed by atoms with Gasteiger partial charge in [-0.05, 0) is 43.0 Å². The fraction of sp³-hybridized carbons (Fsp3) is 0.412. The minimum absolute atomic E-state index is 0.207. The summed E-state index contributed by atoms with van der Waals surface area (Å²) in [5.41, 5.74) is 0.0200. The first-order valence-corrected chi connectivity index (χ1v) is 8.25. The van der Waals surface area contributed by atoms with E-state index in [0.717, 1.165) is 10.9 Å². The minimum Gasteiger partial charge on any atom is -0.389 e. The zero-order valence-corrected chi connectivity index (χ0v) is 14.0. The molecule has 2 rings (SSSR count). The van der Waals surface area contributed by atoms with E-state index in [1.165, 1.54) is 12.1 Å². The Morgan fingerprint density at radius 1 is 1.26 bits per heavy atom. The van der Waals surface area contributed by atoms with Gasteiger partial charge in [0.1, 0.15) is 0 Å². The van der Waals surface area contributed by atoms with E-state index in [1.54, 1.807) is 11.3 Å². The molecule has 0 fully saturated rings. The molecule has 0 aliphatic rings. The lowest BCUT2D eigenvalue weighted by atomic mass is 9.94. The summed E-state index contributed by atoms with van der Waals surface area (Å²) in [7, 11) is 0. The summed E-state index contributed by atoms with van der Waals surface area (Å²) in [6.45, 7) is 4.66. The number of rotatable bonds is 8. The van der Waals surface area contributed by atoms with Crippen LogP contribution in [0.25, 0.3) is 0 Å². The molecule has 0 aliphatic heterocycles. The third-order valence-electron chi connectivity index (χ3n) is 3.56. The van der Waals surface area contributed by atoms with E-state index in [-0.39, 0.29) is 13.2 Å². The highest BCUT2D eigenvalue weighted by Crippen LogP contribution is 2.22. The molecular weight excluding hydrogens is 320 g/mol. The van der Waals surface area contributed by atoms with E-state index >= 15 is 0 Å². The highest BCUT2D eigenvalue weighted by atomic mass is 32.1. The quantitative estimate of drug-likeness (QED) is 0.773. The summed E-state index contributed by atoms with van der Waals surface area (Å²) in [5.74, 6) is -1.75. The Hall–Kier alpha value is -1.34. The lowest BCUT2D eigenvalue weighted by molar-refractivity contribution is 0.0265. The second kappa shape index (κ2) is 7.97. The topological polar surface area (TPSA) is 41.5 Å². The van der Waals surface area contributed by atoms with Crippen molar-refractivity contribution in [2.24, 2.45) is 0 Å². The summed E-state index contributed by atoms with van der Waals surface area (Å²) in [6.07, 6.45) is -0.681. The van der Waals surface area contributed by atoms with Crippen molar-refractivity contribution in [3.05, 3.63) is 57.8 Å². The van der Waals surface area contributed by atoms with Crippen molar-refractivity contribution in [3.63, 3.8) is 0 Å². The maximum atomic E-state index is 13.3. The van der Waals surface area contributed by atoms with E-state index in [2.05, 4.69) is 5.32 Å². The van der Waals surface area contributed by atoms with E-state index in [4.69, 9.17) is 4.74 Å². The Bertz CT molecular complexity index is 617. The molecule has 23 heavy (non-hydrogen) atoms. The molecule has 2 N–H and O–H groups in total. The minimum atomic E-state index is -0.878. The molecule has 1 aromatic heterocycles. The summed E-state index contributed by atoms with van der Waals surface area (Å²) in [6, 6.07) is 7.73. The third-order valence-corrected chi connectivity index (χ3v) is 4.41. The zero-order chi connectivity index (χ0) is 16.9. The Kier molecular flexibility index (Phi) is 6.24. The molecule has 0 spiro atoms. The van der Waals surface area contributed by atoms with Gasteiger partial charge in [0.25, 0.3) is 0 Å². The van der Waals surface area contributed by atoms with Crippen molar-refractivity contribution in [2.45, 2.75) is 32.1 Å². The predicted molar refractivity (Wildman–Crippen MR) is 87.4 cm³/mol. The molecule has 2 aromatic rings. The average Bonchev–Trinajstić information content (AvgIpc) is 3.01. The van der Waals surface area contributed by atoms with Gasteiger partial charge in [0.05, 0.1) is 19.3 Å². The molecular formula is C17H21F2NO2S. The van der Waals surface area contributed by atoms with E-state index in [0.29, 0.717) is 12.2 Å². The summed E-state index contributed by atoms with van der Waals surface area (Å²) >= 11 is 1.60. The smallest absolute Gasteiger partial charge is 0.159 e. The van der Waals surface area contributed by atoms with Crippen LogP contribution in [0.3, 0.4) is 0 Å². The Morgan fingerprint density at radius 3 is 2.70 bits per heavy atom. The number of hydrogen-bond donors (Lipinski definition) is 2. The molecule has 6 heteroatoms. The molecule has 0 radical (unpaired) electrons. The largest absolute Gasteiger partial charge is 0.389 e. The zero-order valence-electron chi connectivity index (χ0n) is 13.2. The molecule has 0 bridgehead atoms. The average molecular weight is 341 g/mol. The maximum Gasteiger partial charge on any atom is 0.159 e. The van der Waals surface area contributed by atoms with Gasteiger partial charge in [-0.1, -0.05) is 12.1 Å². The first-order valence-electron chi connectivity index (χ1n) is 7.37. The van der Waals surface area contributed by atoms with Crippen LogP contribution in [0.15, 0.2) is 35.7 Å². The molecule has 0 saturated carbocycles. The van der Waals surface area contributed by atoms with Crippen molar-refractivity contribution < 1.29 is 18.6 Å². The van der Waals surface area contributed by atoms with E-state index < -0.39 is 23.3 Å². The van der Waals surface area contributed by atoms with Gasteiger partial charge in [-0.15, -0.1) is 11.3 Å². The second-order valence-corrected chi connectivity index (χ2v) is 6.92. The molecule has 1 unspecified atom stereocenters. The Labute approximate surface area is 138 Å². The fourth-order valence-electron chi connectivity index (χ4n) is 2.11. The summed E-state index contributed by atoms with van der Waals surface area (Å²) in [4.78, 5) is 1.10. The molecule has 0 saturated heterocycles. The number of ether oxygens (including phenoxy) is 1. The van der Waals surface area contributed by atoms with Gasteiger partial charge < -0.3 is 15.2 Å². The molecule has 126 valence electrons. The van der Waals surface area contributed by atoms with E-state index in [9.17, 15) is 13.9 Å². The highest BCUT2D eigenvalue weighted by Gasteiger charge is 2.22. The lowest BCUT2D eigenvalue weighted by Gasteiger charge is -2.28. The van der Waals surface area contributed by atoms with Gasteiger partial charge in [-0.25, -0.2) is 8.78 Å². The first kappa shape index (κ1) is 18.0. The SMILES string of the molecule is CC(C)(NCC(O)COCc1cccs1)c1ccc(F)c(F)c1. The van der Waals surface area contributed by atoms with Gasteiger partial charge in [-0.3, -0.25) is 0 Å². The molecule has 1 atom stereocenters. The summed E-state index contributed by atoms with van der Waals surface area (Å²) in [5, 5.41) is 15.1. The molecule has 0 amide bonds. The van der Waals surface area contributed by atoms with Crippen LogP contribution >= 0.6 is 11.3 Å². The molecule has 1 aromatic carbocycles. The number of benzene rings is 1. The van der Waals surface area contributed by atoms with Crippen LogP contribution < -0.4 is 5.32 Å². The van der Waals surface area contributed by atoms with Gasteiger partial charge in [0, 0.05) is 17.0 Å². The first-order chi connectivity index (χ1) is 10.9. The standard InChI is InChI=1S/C17H21F2NO2S/c1-17(2,12-5-6-15(18)16(19)8-12)20-9-13(21)10-22-11-14-4-3-7-23-14/h3-8,13,20-21H,9-11H2,1-2H3. The van der Waals surface area contributed by atoms with Crippen LogP contribution in [-0.4, -0.2) is 24.4 Å². The monoisotopic (exact) mass is 341 g/mol. The van der Waals surface area contributed by atoms with Crippen molar-refractivity contribution in [3.8, 4) is 0 Å². The van der Waals surface area contributed by atoms with Gasteiger partial charge in [0.15, 0.2) is 11.6 Å². The van der Waals surface area contributed by atoms with Crippen molar-refractivity contribution >= 4 is 11.3 Å². The Balaban J connectivity index is 1.79. The third kappa shape index (κ3) is 5.35. The van der Waals surface area contributed by atoms with Crippen LogP contribution in [0.5, 0.6) is 0 Å². The van der Waals surface area contributed by atoms with Gasteiger partial charge in [0.2, 0.25) is 0 Å². The van der Waals surface area contributed by atoms with Crippen LogP contribution in [0.1, 0.15) is 24.3 Å². The fourth-order valence-corrected chi connectivity index (χ4v) is 2.75. The van der Waals surface area contributed by atoms with Gasteiger partial charge >= 0.3 is 0 Å². The number of thiophene rings is 1. The predicted octanol–water partition coefficient (Wildman–Crippen LogP) is 3.43. The van der Waals surface area contributed by atoms with Crippen LogP contribution in [0.2, 0.25) is 0 Å². The number of hydrogen-bond acceptors (Lipinski definition) is 4. The number of aliphatic hydroxyl groups is 1. The van der Waals surface area contributed by atoms with Gasteiger partial charge in [-0.2, -0.15) is 0 Å². The molecule has 0 aliphatic carbocycles. The van der Waals surface area contributed by atoms with E-state index in [1.807, 2.05) is 31.4 Å². The highest BCUT2D eigenvalue weighted by molar-refractivity contribution is 7.09. The maximum absolute atomic E-state index is 13.3. The Morgan fingerprint density at radius 2 is 2.04 bits per heavy atom. The van der Waals surface area contributed by atoms with Crippen molar-refractivity contribution in [1.82, 2.24) is 5.32 Å². The second-order valence-electron chi connectivity index (χ2n) is 5.88. The normalized spacial score (nSPS) is 13.3. The molecule has 3 nitrogen and oxygen atoms in total. The van der Waals surface area contributed by atoms with Crippen molar-refractivity contribution in [2.75, 3.05) is 13.2 Å². The molecule has 1 heterocycles. The van der Waals surface area contributed by atoms with Crippen LogP contribution in [0.4, 0.5) is 8.78 Å².